The van der Waals surface area contributed by atoms with E-state index < -0.39 is 0 Å². The minimum atomic E-state index is -0.159. The normalized spacial score (nSPS) is 11.6. The molecule has 1 atom stereocenters. The number of nitrogens with one attached hydrogen (secondary N) is 1. The van der Waals surface area contributed by atoms with E-state index in [4.69, 9.17) is 5.11 Å². The van der Waals surface area contributed by atoms with Gasteiger partial charge in [0.25, 0.3) is 5.91 Å². The molecule has 110 valence electrons. The Morgan fingerprint density at radius 1 is 1.45 bits per heavy atom. The van der Waals surface area contributed by atoms with E-state index in [0.717, 1.165) is 17.7 Å². The molecule has 2 N–H and O–H groups in total. The zero-order valence-corrected chi connectivity index (χ0v) is 13.1. The van der Waals surface area contributed by atoms with Gasteiger partial charge in [0.05, 0.1) is 10.4 Å². The van der Waals surface area contributed by atoms with Gasteiger partial charge in [0.2, 0.25) is 0 Å². The molecule has 0 saturated heterocycles. The Labute approximate surface area is 125 Å². The second-order valence-electron chi connectivity index (χ2n) is 4.88. The summed E-state index contributed by atoms with van der Waals surface area (Å²) in [5.41, 5.74) is 0.651. The fourth-order valence-electron chi connectivity index (χ4n) is 1.90. The highest BCUT2D eigenvalue weighted by Crippen LogP contribution is 2.14. The van der Waals surface area contributed by atoms with Crippen molar-refractivity contribution in [1.29, 1.82) is 0 Å². The van der Waals surface area contributed by atoms with Crippen molar-refractivity contribution in [2.75, 3.05) is 6.61 Å². The van der Waals surface area contributed by atoms with Gasteiger partial charge in [0, 0.05) is 11.4 Å². The van der Waals surface area contributed by atoms with Crippen LogP contribution in [0.5, 0.6) is 0 Å². The molecule has 1 rings (SSSR count). The summed E-state index contributed by atoms with van der Waals surface area (Å²) in [6, 6.07) is 1.97. The number of aliphatic hydroxyl groups is 1. The minimum Gasteiger partial charge on any atom is -0.384 e. The molecule has 0 saturated carbocycles. The SMILES string of the molecule is CCCCCCC(C)NC(=O)c1csc(C#CCO)c1. The van der Waals surface area contributed by atoms with E-state index in [-0.39, 0.29) is 18.6 Å². The molecule has 4 heteroatoms. The smallest absolute Gasteiger partial charge is 0.252 e. The molecule has 1 aromatic rings. The quantitative estimate of drug-likeness (QED) is 0.599. The first kappa shape index (κ1) is 16.7. The third-order valence-electron chi connectivity index (χ3n) is 3.02. The maximum absolute atomic E-state index is 12.0. The molecular weight excluding hydrogens is 270 g/mol. The van der Waals surface area contributed by atoms with E-state index in [1.807, 2.05) is 6.92 Å². The summed E-state index contributed by atoms with van der Waals surface area (Å²) in [7, 11) is 0. The van der Waals surface area contributed by atoms with Crippen molar-refractivity contribution in [2.24, 2.45) is 0 Å². The van der Waals surface area contributed by atoms with Crippen LogP contribution in [0.3, 0.4) is 0 Å². The Bertz CT molecular complexity index is 470. The van der Waals surface area contributed by atoms with E-state index in [0.29, 0.717) is 5.56 Å². The van der Waals surface area contributed by atoms with Crippen molar-refractivity contribution in [3.8, 4) is 11.8 Å². The van der Waals surface area contributed by atoms with Crippen LogP contribution in [0.2, 0.25) is 0 Å². The fraction of sp³-hybridized carbons (Fsp3) is 0.562. The first-order valence-electron chi connectivity index (χ1n) is 7.16. The van der Waals surface area contributed by atoms with Crippen LogP contribution < -0.4 is 5.32 Å². The molecule has 3 nitrogen and oxygen atoms in total. The van der Waals surface area contributed by atoms with Crippen LogP contribution in [0.1, 0.15) is 61.2 Å². The van der Waals surface area contributed by atoms with Crippen molar-refractivity contribution in [3.05, 3.63) is 21.9 Å². The van der Waals surface area contributed by atoms with Crippen LogP contribution in [0.4, 0.5) is 0 Å². The maximum Gasteiger partial charge on any atom is 0.252 e. The number of amides is 1. The van der Waals surface area contributed by atoms with Gasteiger partial charge in [0.15, 0.2) is 0 Å². The van der Waals surface area contributed by atoms with Crippen LogP contribution >= 0.6 is 11.3 Å². The highest BCUT2D eigenvalue weighted by Gasteiger charge is 2.11. The van der Waals surface area contributed by atoms with Gasteiger partial charge in [0.1, 0.15) is 6.61 Å². The Morgan fingerprint density at radius 3 is 2.95 bits per heavy atom. The topological polar surface area (TPSA) is 49.3 Å². The van der Waals surface area contributed by atoms with Crippen LogP contribution in [-0.4, -0.2) is 23.7 Å². The van der Waals surface area contributed by atoms with Crippen LogP contribution in [0, 0.1) is 11.8 Å². The number of carbonyl (C=O) groups excluding carboxylic acids is 1. The molecule has 1 amide bonds. The van der Waals surface area contributed by atoms with Crippen molar-refractivity contribution in [2.45, 2.75) is 52.0 Å². The summed E-state index contributed by atoms with van der Waals surface area (Å²) in [5.74, 6) is 5.35. The van der Waals surface area contributed by atoms with E-state index in [9.17, 15) is 4.79 Å². The monoisotopic (exact) mass is 293 g/mol. The highest BCUT2D eigenvalue weighted by atomic mass is 32.1. The number of aliphatic hydroxyl groups excluding tert-OH is 1. The molecule has 0 aliphatic heterocycles. The Hall–Kier alpha value is -1.31. The standard InChI is InChI=1S/C16H23NO2S/c1-3-4-5-6-8-13(2)17-16(19)14-11-15(20-12-14)9-7-10-18/h11-13,18H,3-6,8,10H2,1-2H3,(H,17,19). The number of carbonyl (C=O) groups is 1. The number of thiophene rings is 1. The molecule has 0 aromatic carbocycles. The van der Waals surface area contributed by atoms with Crippen molar-refractivity contribution >= 4 is 17.2 Å². The Morgan fingerprint density at radius 2 is 2.25 bits per heavy atom. The average molecular weight is 293 g/mol. The van der Waals surface area contributed by atoms with E-state index in [2.05, 4.69) is 24.1 Å². The van der Waals surface area contributed by atoms with Gasteiger partial charge in [-0.15, -0.1) is 11.3 Å². The summed E-state index contributed by atoms with van der Waals surface area (Å²) in [5, 5.41) is 13.5. The highest BCUT2D eigenvalue weighted by molar-refractivity contribution is 7.10. The lowest BCUT2D eigenvalue weighted by molar-refractivity contribution is 0.0938. The third kappa shape index (κ3) is 6.23. The second-order valence-corrected chi connectivity index (χ2v) is 5.79. The summed E-state index contributed by atoms with van der Waals surface area (Å²) in [4.78, 5) is 12.8. The predicted octanol–water partition coefficient (Wildman–Crippen LogP) is 3.18. The predicted molar refractivity (Wildman–Crippen MR) is 84.0 cm³/mol. The zero-order valence-electron chi connectivity index (χ0n) is 12.2. The molecule has 0 aliphatic carbocycles. The van der Waals surface area contributed by atoms with Gasteiger partial charge >= 0.3 is 0 Å². The lowest BCUT2D eigenvalue weighted by atomic mass is 10.1. The minimum absolute atomic E-state index is 0.0405. The second kappa shape index (κ2) is 9.57. The van der Waals surface area contributed by atoms with Gasteiger partial charge in [-0.05, 0) is 19.4 Å². The van der Waals surface area contributed by atoms with E-state index in [1.54, 1.807) is 11.4 Å². The Kier molecular flexibility index (Phi) is 8.01. The lowest BCUT2D eigenvalue weighted by Crippen LogP contribution is -2.32. The largest absolute Gasteiger partial charge is 0.384 e. The van der Waals surface area contributed by atoms with Crippen LogP contribution in [0.15, 0.2) is 11.4 Å². The van der Waals surface area contributed by atoms with Gasteiger partial charge in [-0.1, -0.05) is 44.4 Å². The van der Waals surface area contributed by atoms with Gasteiger partial charge in [-0.2, -0.15) is 0 Å². The number of unbranched alkanes of at least 4 members (excludes halogenated alkanes) is 3. The van der Waals surface area contributed by atoms with Crippen molar-refractivity contribution in [3.63, 3.8) is 0 Å². The van der Waals surface area contributed by atoms with Crippen LogP contribution in [-0.2, 0) is 0 Å². The zero-order chi connectivity index (χ0) is 14.8. The summed E-state index contributed by atoms with van der Waals surface area (Å²) < 4.78 is 0. The van der Waals surface area contributed by atoms with Crippen molar-refractivity contribution in [1.82, 2.24) is 5.32 Å². The average Bonchev–Trinajstić information content (AvgIpc) is 2.90. The van der Waals surface area contributed by atoms with Gasteiger partial charge in [-0.25, -0.2) is 0 Å². The molecular formula is C16H23NO2S. The molecule has 1 unspecified atom stereocenters. The third-order valence-corrected chi connectivity index (χ3v) is 3.87. The number of hydrogen-bond donors (Lipinski definition) is 2. The number of rotatable bonds is 7. The number of hydrogen-bond acceptors (Lipinski definition) is 3. The Balaban J connectivity index is 2.39. The maximum atomic E-state index is 12.0. The molecule has 0 bridgehead atoms. The fourth-order valence-corrected chi connectivity index (χ4v) is 2.66. The summed E-state index contributed by atoms with van der Waals surface area (Å²) in [6.07, 6.45) is 5.90. The van der Waals surface area contributed by atoms with Crippen LogP contribution in [0.25, 0.3) is 0 Å². The van der Waals surface area contributed by atoms with Gasteiger partial charge in [-0.3, -0.25) is 4.79 Å². The molecule has 0 radical (unpaired) electrons. The van der Waals surface area contributed by atoms with Gasteiger partial charge < -0.3 is 10.4 Å². The first-order chi connectivity index (χ1) is 9.67. The van der Waals surface area contributed by atoms with Crippen molar-refractivity contribution < 1.29 is 9.90 Å². The molecule has 1 heterocycles. The molecule has 0 fully saturated rings. The first-order valence-corrected chi connectivity index (χ1v) is 8.04. The molecule has 20 heavy (non-hydrogen) atoms. The summed E-state index contributed by atoms with van der Waals surface area (Å²) in [6.45, 7) is 4.08. The summed E-state index contributed by atoms with van der Waals surface area (Å²) >= 11 is 1.42. The molecule has 0 aliphatic rings. The van der Waals surface area contributed by atoms with E-state index in [1.165, 1.54) is 30.6 Å². The molecule has 0 spiro atoms. The molecule has 1 aromatic heterocycles. The lowest BCUT2D eigenvalue weighted by Gasteiger charge is -2.12. The van der Waals surface area contributed by atoms with E-state index >= 15 is 0 Å².